The molecule has 0 aromatic rings. The number of nitrogens with one attached hydrogen (secondary N) is 2. The summed E-state index contributed by atoms with van der Waals surface area (Å²) in [5.74, 6) is -6.63. The first-order valence-electron chi connectivity index (χ1n) is 14.4. The van der Waals surface area contributed by atoms with Crippen molar-refractivity contribution < 1.29 is 99.3 Å². The van der Waals surface area contributed by atoms with Crippen LogP contribution in [0.25, 0.3) is 0 Å². The van der Waals surface area contributed by atoms with Crippen molar-refractivity contribution in [2.75, 3.05) is 26.4 Å². The average molecular weight is 691 g/mol. The first-order chi connectivity index (χ1) is 22.0. The van der Waals surface area contributed by atoms with E-state index in [2.05, 4.69) is 10.6 Å². The number of carboxylic acid groups (broad SMARTS) is 1. The van der Waals surface area contributed by atoms with Crippen LogP contribution in [0, 0.1) is 0 Å². The second-order valence-corrected chi connectivity index (χ2v) is 11.3. The first kappa shape index (κ1) is 39.2. The van der Waals surface area contributed by atoms with Crippen LogP contribution in [-0.2, 0) is 38.1 Å². The molecule has 22 heteroatoms. The molecular weight excluding hydrogens is 648 g/mol. The number of hydrogen-bond donors (Lipinski definition) is 14. The maximum absolute atomic E-state index is 12.4. The Morgan fingerprint density at radius 1 is 0.894 bits per heavy atom. The van der Waals surface area contributed by atoms with Crippen molar-refractivity contribution in [2.45, 2.75) is 111 Å². The van der Waals surface area contributed by atoms with Crippen molar-refractivity contribution in [1.29, 1.82) is 0 Å². The third-order valence-corrected chi connectivity index (χ3v) is 7.97. The van der Waals surface area contributed by atoms with Gasteiger partial charge in [-0.25, -0.2) is 4.79 Å². The summed E-state index contributed by atoms with van der Waals surface area (Å²) in [4.78, 5) is 36.0. The molecule has 3 rings (SSSR count). The molecule has 3 saturated heterocycles. The largest absolute Gasteiger partial charge is 0.477 e. The third kappa shape index (κ3) is 8.69. The van der Waals surface area contributed by atoms with Crippen LogP contribution in [-0.4, -0.2) is 203 Å². The zero-order chi connectivity index (χ0) is 35.4. The minimum atomic E-state index is -2.91. The van der Waals surface area contributed by atoms with Crippen LogP contribution >= 0.6 is 0 Å². The normalized spacial score (nSPS) is 42.3. The van der Waals surface area contributed by atoms with Crippen molar-refractivity contribution in [2.24, 2.45) is 0 Å². The highest BCUT2D eigenvalue weighted by Gasteiger charge is 2.57. The summed E-state index contributed by atoms with van der Waals surface area (Å²) in [6.45, 7) is -2.93. The van der Waals surface area contributed by atoms with E-state index in [1.54, 1.807) is 0 Å². The zero-order valence-corrected chi connectivity index (χ0v) is 24.8. The fourth-order valence-electron chi connectivity index (χ4n) is 5.45. The second kappa shape index (κ2) is 16.4. The highest BCUT2D eigenvalue weighted by Crippen LogP contribution is 2.35. The molecule has 0 spiro atoms. The Balaban J connectivity index is 1.85. The molecule has 3 fully saturated rings. The van der Waals surface area contributed by atoms with E-state index < -0.39 is 148 Å². The Morgan fingerprint density at radius 3 is 2.11 bits per heavy atom. The highest BCUT2D eigenvalue weighted by atomic mass is 16.8. The molecule has 3 aliphatic rings. The fraction of sp³-hybridized carbons (Fsp3) is 0.880. The van der Waals surface area contributed by atoms with Crippen LogP contribution in [0.5, 0.6) is 0 Å². The van der Waals surface area contributed by atoms with E-state index in [1.165, 1.54) is 0 Å². The number of carbonyl (C=O) groups excluding carboxylic acids is 2. The topological polar surface area (TPSA) is 364 Å². The summed E-state index contributed by atoms with van der Waals surface area (Å²) in [6, 6.07) is -3.15. The summed E-state index contributed by atoms with van der Waals surface area (Å²) in [6.07, 6.45) is -25.6. The van der Waals surface area contributed by atoms with Gasteiger partial charge in [0.15, 0.2) is 12.6 Å². The van der Waals surface area contributed by atoms with Crippen molar-refractivity contribution in [1.82, 2.24) is 10.6 Å². The maximum Gasteiger partial charge on any atom is 0.364 e. The fourth-order valence-corrected chi connectivity index (χ4v) is 5.45. The van der Waals surface area contributed by atoms with E-state index in [9.17, 15) is 70.6 Å². The minimum Gasteiger partial charge on any atom is -0.477 e. The van der Waals surface area contributed by atoms with Crippen LogP contribution in [0.15, 0.2) is 0 Å². The van der Waals surface area contributed by atoms with Crippen LogP contribution in [0.4, 0.5) is 0 Å². The van der Waals surface area contributed by atoms with E-state index in [4.69, 9.17) is 28.8 Å². The average Bonchev–Trinajstić information content (AvgIpc) is 3.03. The monoisotopic (exact) mass is 690 g/mol. The summed E-state index contributed by atoms with van der Waals surface area (Å²) in [5, 5.41) is 126. The van der Waals surface area contributed by atoms with Crippen molar-refractivity contribution in [3.63, 3.8) is 0 Å². The van der Waals surface area contributed by atoms with Gasteiger partial charge in [0.05, 0.1) is 32.0 Å². The summed E-state index contributed by atoms with van der Waals surface area (Å²) in [5.41, 5.74) is 0. The lowest BCUT2D eigenvalue weighted by Crippen LogP contribution is -2.69. The predicted octanol–water partition coefficient (Wildman–Crippen LogP) is -9.11. The SMILES string of the molecule is CC(=O)N[C@H]1C(O)O[C@H](CO)[C@H](O)[C@@H]1O[C@H]1O[C@H](CO[C@]2(C(=O)O)C[C@H](O)[C@@H](NC(=O)CO)[C@H]([C@H](O)[C@H](O)CO)O2)[C@H](O)[C@H](O)[C@H]1O. The van der Waals surface area contributed by atoms with Gasteiger partial charge in [-0.15, -0.1) is 0 Å². The number of amides is 2. The number of aliphatic hydroxyl groups is 11. The number of aliphatic hydroxyl groups excluding tert-OH is 11. The second-order valence-electron chi connectivity index (χ2n) is 11.3. The molecule has 0 saturated carbocycles. The van der Waals surface area contributed by atoms with E-state index in [0.717, 1.165) is 6.92 Å². The molecule has 47 heavy (non-hydrogen) atoms. The van der Waals surface area contributed by atoms with Gasteiger partial charge >= 0.3 is 5.97 Å². The van der Waals surface area contributed by atoms with Gasteiger partial charge in [-0.1, -0.05) is 0 Å². The molecule has 2 amide bonds. The third-order valence-electron chi connectivity index (χ3n) is 7.97. The Hall–Kier alpha value is -2.23. The molecule has 1 unspecified atom stereocenters. The molecule has 272 valence electrons. The van der Waals surface area contributed by atoms with Crippen LogP contribution in [0.2, 0.25) is 0 Å². The quantitative estimate of drug-likeness (QED) is 0.0852. The minimum absolute atomic E-state index is 0.713. The van der Waals surface area contributed by atoms with E-state index in [0.29, 0.717) is 0 Å². The Kier molecular flexibility index (Phi) is 13.7. The lowest BCUT2D eigenvalue weighted by Gasteiger charge is -2.48. The number of carbonyl (C=O) groups is 3. The van der Waals surface area contributed by atoms with Gasteiger partial charge in [0.25, 0.3) is 5.79 Å². The first-order valence-corrected chi connectivity index (χ1v) is 14.4. The number of hydrogen-bond acceptors (Lipinski definition) is 19. The van der Waals surface area contributed by atoms with Crippen molar-refractivity contribution >= 4 is 17.8 Å². The van der Waals surface area contributed by atoms with Gasteiger partial charge in [-0.05, 0) is 0 Å². The molecule has 14 N–H and O–H groups in total. The lowest BCUT2D eigenvalue weighted by atomic mass is 9.88. The summed E-state index contributed by atoms with van der Waals surface area (Å²) >= 11 is 0. The molecule has 16 atom stereocenters. The Labute approximate surface area is 265 Å². The van der Waals surface area contributed by atoms with Gasteiger partial charge < -0.3 is 95.6 Å². The predicted molar refractivity (Wildman–Crippen MR) is 143 cm³/mol. The number of rotatable bonds is 13. The van der Waals surface area contributed by atoms with Crippen LogP contribution in [0.1, 0.15) is 13.3 Å². The van der Waals surface area contributed by atoms with Gasteiger partial charge in [-0.3, -0.25) is 9.59 Å². The standard InChI is InChI=1S/C25H42N2O20/c1-7(31)26-14-20(17(37)10(4-29)44-22(14)40)46-23-19(39)18(38)16(36)11(45-23)6-43-25(24(41)42)2-8(32)13(27-12(34)5-30)21(47-25)15(35)9(33)3-28/h8-11,13-23,28-30,32-33,35-40H,2-6H2,1H3,(H,26,31)(H,27,34)(H,41,42)/t8-,9+,10+,11+,13+,14+,15+,16-,17-,18-,19+,20+,21+,22?,23+,25+/m0/s1. The van der Waals surface area contributed by atoms with Crippen LogP contribution < -0.4 is 10.6 Å². The highest BCUT2D eigenvalue weighted by molar-refractivity contribution is 5.78. The molecule has 22 nitrogen and oxygen atoms in total. The molecule has 0 aromatic heterocycles. The van der Waals surface area contributed by atoms with Gasteiger partial charge in [-0.2, -0.15) is 0 Å². The number of carboxylic acids is 1. The molecule has 0 bridgehead atoms. The molecule has 0 aliphatic carbocycles. The van der Waals surface area contributed by atoms with E-state index in [-0.39, 0.29) is 0 Å². The van der Waals surface area contributed by atoms with Gasteiger partial charge in [0, 0.05) is 13.3 Å². The molecule has 3 heterocycles. The number of aliphatic carboxylic acids is 1. The summed E-state index contributed by atoms with van der Waals surface area (Å²) in [7, 11) is 0. The Morgan fingerprint density at radius 2 is 1.55 bits per heavy atom. The molecular formula is C25H42N2O20. The van der Waals surface area contributed by atoms with Crippen LogP contribution in [0.3, 0.4) is 0 Å². The van der Waals surface area contributed by atoms with E-state index >= 15 is 0 Å². The smallest absolute Gasteiger partial charge is 0.364 e. The number of ether oxygens (including phenoxy) is 5. The molecule has 3 aliphatic heterocycles. The van der Waals surface area contributed by atoms with Crippen molar-refractivity contribution in [3.8, 4) is 0 Å². The Bertz CT molecular complexity index is 1070. The van der Waals surface area contributed by atoms with Crippen molar-refractivity contribution in [3.05, 3.63) is 0 Å². The van der Waals surface area contributed by atoms with Gasteiger partial charge in [0.2, 0.25) is 11.8 Å². The summed E-state index contributed by atoms with van der Waals surface area (Å²) < 4.78 is 27.1. The van der Waals surface area contributed by atoms with E-state index in [1.807, 2.05) is 0 Å². The zero-order valence-electron chi connectivity index (χ0n) is 24.8. The van der Waals surface area contributed by atoms with Gasteiger partial charge in [0.1, 0.15) is 73.7 Å². The lowest BCUT2D eigenvalue weighted by molar-refractivity contribution is -0.356. The maximum atomic E-state index is 12.4. The molecule has 0 aromatic carbocycles. The molecule has 0 radical (unpaired) electrons.